The Morgan fingerprint density at radius 3 is 2.71 bits per heavy atom. The number of hydrogen-bond acceptors (Lipinski definition) is 3. The van der Waals surface area contributed by atoms with Crippen LogP contribution >= 0.6 is 0 Å². The fourth-order valence-corrected chi connectivity index (χ4v) is 2.87. The maximum absolute atomic E-state index is 11.9. The Labute approximate surface area is 127 Å². The zero-order chi connectivity index (χ0) is 15.6. The molecule has 1 atom stereocenters. The van der Waals surface area contributed by atoms with Crippen LogP contribution in [0.4, 0.5) is 17.1 Å². The molecule has 1 aliphatic rings. The molecule has 1 aliphatic heterocycles. The summed E-state index contributed by atoms with van der Waals surface area (Å²) in [4.78, 5) is 14.4. The van der Waals surface area contributed by atoms with Gasteiger partial charge in [-0.25, -0.2) is 0 Å². The first-order chi connectivity index (χ1) is 9.90. The fraction of sp³-hybridized carbons (Fsp3) is 0.588. The Balaban J connectivity index is 2.31. The number of nitrogens with two attached hydrogens (primary N) is 1. The molecule has 1 heterocycles. The summed E-state index contributed by atoms with van der Waals surface area (Å²) in [5.74, 6) is -0.0498. The molecular weight excluding hydrogens is 262 g/mol. The van der Waals surface area contributed by atoms with Gasteiger partial charge in [-0.15, -0.1) is 0 Å². The molecule has 1 fully saturated rings. The van der Waals surface area contributed by atoms with Gasteiger partial charge in [-0.05, 0) is 50.8 Å². The topological polar surface area (TPSA) is 58.4 Å². The molecule has 0 aliphatic carbocycles. The first kappa shape index (κ1) is 15.7. The molecule has 1 aromatic rings. The summed E-state index contributed by atoms with van der Waals surface area (Å²) < 4.78 is 0. The average molecular weight is 289 g/mol. The van der Waals surface area contributed by atoms with Crippen molar-refractivity contribution >= 4 is 23.0 Å². The molecule has 4 nitrogen and oxygen atoms in total. The van der Waals surface area contributed by atoms with Gasteiger partial charge in [0, 0.05) is 24.2 Å². The van der Waals surface area contributed by atoms with Gasteiger partial charge < -0.3 is 16.0 Å². The first-order valence-corrected chi connectivity index (χ1v) is 7.87. The van der Waals surface area contributed by atoms with Gasteiger partial charge in [-0.3, -0.25) is 4.79 Å². The van der Waals surface area contributed by atoms with Crippen LogP contribution < -0.4 is 16.0 Å². The Morgan fingerprint density at radius 2 is 2.10 bits per heavy atom. The van der Waals surface area contributed by atoms with Gasteiger partial charge in [0.2, 0.25) is 5.91 Å². The van der Waals surface area contributed by atoms with Crippen LogP contribution in [0, 0.1) is 12.8 Å². The van der Waals surface area contributed by atoms with Crippen LogP contribution in [-0.4, -0.2) is 18.5 Å². The number of benzene rings is 1. The quantitative estimate of drug-likeness (QED) is 0.837. The molecule has 2 rings (SSSR count). The van der Waals surface area contributed by atoms with E-state index in [1.54, 1.807) is 0 Å². The van der Waals surface area contributed by atoms with Crippen molar-refractivity contribution in [1.82, 2.24) is 0 Å². The molecule has 0 aromatic heterocycles. The number of nitrogen functional groups attached to an aromatic ring is 1. The number of anilines is 3. The highest BCUT2D eigenvalue weighted by Crippen LogP contribution is 2.33. The predicted octanol–water partition coefficient (Wildman–Crippen LogP) is 3.55. The number of carbonyl (C=O) groups is 1. The molecule has 4 heteroatoms. The molecule has 0 saturated carbocycles. The van der Waals surface area contributed by atoms with Crippen molar-refractivity contribution in [3.05, 3.63) is 17.7 Å². The highest BCUT2D eigenvalue weighted by Gasteiger charge is 2.21. The SMILES string of the molecule is Cc1cc(N)c(NC(=O)C(C)C)cc1N1CCCC[C@@H]1C. The van der Waals surface area contributed by atoms with Crippen LogP contribution in [0.25, 0.3) is 0 Å². The smallest absolute Gasteiger partial charge is 0.226 e. The van der Waals surface area contributed by atoms with E-state index < -0.39 is 0 Å². The summed E-state index contributed by atoms with van der Waals surface area (Å²) in [6.45, 7) is 9.19. The van der Waals surface area contributed by atoms with E-state index in [0.717, 1.165) is 12.2 Å². The zero-order valence-corrected chi connectivity index (χ0v) is 13.6. The van der Waals surface area contributed by atoms with Crippen LogP contribution in [0.2, 0.25) is 0 Å². The second kappa shape index (κ2) is 6.37. The lowest BCUT2D eigenvalue weighted by molar-refractivity contribution is -0.118. The largest absolute Gasteiger partial charge is 0.397 e. The van der Waals surface area contributed by atoms with Crippen LogP contribution in [-0.2, 0) is 4.79 Å². The second-order valence-electron chi connectivity index (χ2n) is 6.41. The summed E-state index contributed by atoms with van der Waals surface area (Å²) in [6, 6.07) is 4.54. The predicted molar refractivity (Wildman–Crippen MR) is 89.7 cm³/mol. The van der Waals surface area contributed by atoms with Gasteiger partial charge in [-0.2, -0.15) is 0 Å². The van der Waals surface area contributed by atoms with Crippen molar-refractivity contribution in [2.75, 3.05) is 22.5 Å². The Kier molecular flexibility index (Phi) is 4.76. The summed E-state index contributed by atoms with van der Waals surface area (Å²) in [5, 5.41) is 2.94. The standard InChI is InChI=1S/C17H27N3O/c1-11(2)17(21)19-15-10-16(12(3)9-14(15)18)20-8-6-5-7-13(20)4/h9-11,13H,5-8,18H2,1-4H3,(H,19,21)/t13-/m0/s1. The summed E-state index contributed by atoms with van der Waals surface area (Å²) in [5.41, 5.74) is 9.79. The van der Waals surface area contributed by atoms with Gasteiger partial charge >= 0.3 is 0 Å². The minimum Gasteiger partial charge on any atom is -0.397 e. The van der Waals surface area contributed by atoms with E-state index in [2.05, 4.69) is 24.1 Å². The van der Waals surface area contributed by atoms with Crippen LogP contribution in [0.1, 0.15) is 45.6 Å². The third-order valence-corrected chi connectivity index (χ3v) is 4.26. The minimum atomic E-state index is -0.0527. The molecule has 21 heavy (non-hydrogen) atoms. The summed E-state index contributed by atoms with van der Waals surface area (Å²) in [6.07, 6.45) is 3.74. The van der Waals surface area contributed by atoms with E-state index in [-0.39, 0.29) is 11.8 Å². The fourth-order valence-electron chi connectivity index (χ4n) is 2.87. The van der Waals surface area contributed by atoms with Crippen molar-refractivity contribution in [1.29, 1.82) is 0 Å². The van der Waals surface area contributed by atoms with E-state index in [0.29, 0.717) is 11.7 Å². The number of rotatable bonds is 3. The molecule has 0 unspecified atom stereocenters. The Bertz CT molecular complexity index is 525. The lowest BCUT2D eigenvalue weighted by atomic mass is 10.0. The van der Waals surface area contributed by atoms with Crippen molar-refractivity contribution in [3.63, 3.8) is 0 Å². The van der Waals surface area contributed by atoms with Crippen LogP contribution in [0.15, 0.2) is 12.1 Å². The van der Waals surface area contributed by atoms with Crippen molar-refractivity contribution < 1.29 is 4.79 Å². The zero-order valence-electron chi connectivity index (χ0n) is 13.6. The number of hydrogen-bond donors (Lipinski definition) is 2. The first-order valence-electron chi connectivity index (χ1n) is 7.87. The highest BCUT2D eigenvalue weighted by molar-refractivity contribution is 5.96. The number of aryl methyl sites for hydroxylation is 1. The van der Waals surface area contributed by atoms with Gasteiger partial charge in [-0.1, -0.05) is 13.8 Å². The van der Waals surface area contributed by atoms with Gasteiger partial charge in [0.25, 0.3) is 0 Å². The molecule has 0 radical (unpaired) electrons. The lowest BCUT2D eigenvalue weighted by Gasteiger charge is -2.36. The van der Waals surface area contributed by atoms with E-state index in [1.165, 1.54) is 30.5 Å². The second-order valence-corrected chi connectivity index (χ2v) is 6.41. The van der Waals surface area contributed by atoms with Crippen LogP contribution in [0.5, 0.6) is 0 Å². The number of carbonyl (C=O) groups excluding carboxylic acids is 1. The third-order valence-electron chi connectivity index (χ3n) is 4.26. The average Bonchev–Trinajstić information content (AvgIpc) is 2.42. The molecular formula is C17H27N3O. The van der Waals surface area contributed by atoms with Gasteiger partial charge in [0.1, 0.15) is 0 Å². The number of nitrogens with one attached hydrogen (secondary N) is 1. The normalized spacial score (nSPS) is 18.9. The molecule has 1 amide bonds. The molecule has 1 aromatic carbocycles. The number of nitrogens with zero attached hydrogens (tertiary/aromatic N) is 1. The van der Waals surface area contributed by atoms with E-state index in [1.807, 2.05) is 26.0 Å². The lowest BCUT2D eigenvalue weighted by Crippen LogP contribution is -2.38. The monoisotopic (exact) mass is 289 g/mol. The van der Waals surface area contributed by atoms with Crippen molar-refractivity contribution in [3.8, 4) is 0 Å². The summed E-state index contributed by atoms with van der Waals surface area (Å²) in [7, 11) is 0. The number of piperidine rings is 1. The maximum atomic E-state index is 11.9. The maximum Gasteiger partial charge on any atom is 0.226 e. The van der Waals surface area contributed by atoms with E-state index in [4.69, 9.17) is 5.73 Å². The Morgan fingerprint density at radius 1 is 1.38 bits per heavy atom. The molecule has 0 bridgehead atoms. The molecule has 0 spiro atoms. The highest BCUT2D eigenvalue weighted by atomic mass is 16.1. The minimum absolute atomic E-state index is 0.00296. The van der Waals surface area contributed by atoms with Crippen molar-refractivity contribution in [2.24, 2.45) is 5.92 Å². The Hall–Kier alpha value is -1.71. The molecule has 1 saturated heterocycles. The summed E-state index contributed by atoms with van der Waals surface area (Å²) >= 11 is 0. The van der Waals surface area contributed by atoms with Gasteiger partial charge in [0.05, 0.1) is 11.4 Å². The van der Waals surface area contributed by atoms with E-state index >= 15 is 0 Å². The van der Waals surface area contributed by atoms with Crippen molar-refractivity contribution in [2.45, 2.75) is 53.0 Å². The van der Waals surface area contributed by atoms with E-state index in [9.17, 15) is 4.79 Å². The number of amides is 1. The molecule has 116 valence electrons. The van der Waals surface area contributed by atoms with Crippen LogP contribution in [0.3, 0.4) is 0 Å². The van der Waals surface area contributed by atoms with Gasteiger partial charge in [0.15, 0.2) is 0 Å². The third kappa shape index (κ3) is 3.49. The molecule has 3 N–H and O–H groups in total.